The number of benzene rings is 2. The van der Waals surface area contributed by atoms with Gasteiger partial charge in [-0.3, -0.25) is 0 Å². The van der Waals surface area contributed by atoms with Gasteiger partial charge in [-0.2, -0.15) is 4.31 Å². The van der Waals surface area contributed by atoms with Crippen molar-refractivity contribution in [2.24, 2.45) is 0 Å². The van der Waals surface area contributed by atoms with E-state index >= 15 is 0 Å². The molecule has 1 aromatic heterocycles. The number of rotatable bonds is 8. The van der Waals surface area contributed by atoms with Crippen LogP contribution in [0.2, 0.25) is 0 Å². The maximum absolute atomic E-state index is 13.7. The van der Waals surface area contributed by atoms with Crippen LogP contribution in [0.1, 0.15) is 24.0 Å². The average Bonchev–Trinajstić information content (AvgIpc) is 3.40. The Morgan fingerprint density at radius 2 is 1.90 bits per heavy atom. The van der Waals surface area contributed by atoms with E-state index in [4.69, 9.17) is 14.1 Å². The molecule has 0 bridgehead atoms. The zero-order chi connectivity index (χ0) is 21.1. The number of para-hydroxylation sites is 1. The first-order valence-electron chi connectivity index (χ1n) is 9.99. The second-order valence-electron chi connectivity index (χ2n) is 7.46. The highest BCUT2D eigenvalue weighted by atomic mass is 32.2. The van der Waals surface area contributed by atoms with Crippen molar-refractivity contribution in [2.45, 2.75) is 37.7 Å². The molecule has 9 heteroatoms. The van der Waals surface area contributed by atoms with Gasteiger partial charge in [-0.1, -0.05) is 24.3 Å². The van der Waals surface area contributed by atoms with Gasteiger partial charge in [0.15, 0.2) is 5.52 Å². The summed E-state index contributed by atoms with van der Waals surface area (Å²) in [5.41, 5.74) is 2.14. The summed E-state index contributed by atoms with van der Waals surface area (Å²) in [7, 11) is -3.88. The van der Waals surface area contributed by atoms with E-state index < -0.39 is 10.0 Å². The molecule has 30 heavy (non-hydrogen) atoms. The summed E-state index contributed by atoms with van der Waals surface area (Å²) in [6, 6.07) is 11.1. The zero-order valence-electron chi connectivity index (χ0n) is 17.1. The second-order valence-corrected chi connectivity index (χ2v) is 9.34. The van der Waals surface area contributed by atoms with Crippen molar-refractivity contribution in [2.75, 3.05) is 26.3 Å². The summed E-state index contributed by atoms with van der Waals surface area (Å²) in [4.78, 5) is 0.127. The minimum absolute atomic E-state index is 0.127. The van der Waals surface area contributed by atoms with Crippen LogP contribution in [0.5, 0.6) is 5.75 Å². The van der Waals surface area contributed by atoms with Crippen LogP contribution >= 0.6 is 0 Å². The van der Waals surface area contributed by atoms with E-state index in [1.807, 2.05) is 37.3 Å². The maximum Gasteiger partial charge on any atom is 0.245 e. The van der Waals surface area contributed by atoms with Crippen LogP contribution in [-0.2, 0) is 14.8 Å². The van der Waals surface area contributed by atoms with Gasteiger partial charge in [0.05, 0.1) is 6.10 Å². The number of sulfonamides is 1. The molecule has 0 saturated carbocycles. The number of hydrogen-bond acceptors (Lipinski definition) is 7. The number of aromatic nitrogens is 2. The molecule has 1 aliphatic heterocycles. The molecule has 2 heterocycles. The summed E-state index contributed by atoms with van der Waals surface area (Å²) < 4.78 is 45.2. The van der Waals surface area contributed by atoms with Gasteiger partial charge >= 0.3 is 0 Å². The lowest BCUT2D eigenvalue weighted by atomic mass is 10.1. The molecule has 1 aliphatic rings. The van der Waals surface area contributed by atoms with Gasteiger partial charge in [-0.15, -0.1) is 0 Å². The van der Waals surface area contributed by atoms with Gasteiger partial charge in [0.25, 0.3) is 0 Å². The molecule has 0 amide bonds. The second kappa shape index (κ2) is 8.71. The SMILES string of the molecule is Cc1cc(C)c2nonc2c1S(=O)(=O)N(CCOc1ccccc1)CC1CCCO1. The van der Waals surface area contributed by atoms with Crippen LogP contribution in [0.4, 0.5) is 0 Å². The Bertz CT molecular complexity index is 1110. The topological polar surface area (TPSA) is 94.8 Å². The third kappa shape index (κ3) is 4.19. The Kier molecular flexibility index (Phi) is 6.03. The van der Waals surface area contributed by atoms with Crippen LogP contribution < -0.4 is 4.74 Å². The Hall–Kier alpha value is -2.49. The van der Waals surface area contributed by atoms with E-state index in [1.165, 1.54) is 4.31 Å². The minimum Gasteiger partial charge on any atom is -0.492 e. The van der Waals surface area contributed by atoms with Gasteiger partial charge < -0.3 is 9.47 Å². The number of fused-ring (bicyclic) bond motifs is 1. The van der Waals surface area contributed by atoms with Crippen molar-refractivity contribution in [3.05, 3.63) is 47.5 Å². The van der Waals surface area contributed by atoms with Crippen LogP contribution in [0.15, 0.2) is 45.9 Å². The van der Waals surface area contributed by atoms with Gasteiger partial charge in [0.2, 0.25) is 10.0 Å². The number of hydrogen-bond donors (Lipinski definition) is 0. The monoisotopic (exact) mass is 431 g/mol. The van der Waals surface area contributed by atoms with Crippen molar-refractivity contribution in [3.8, 4) is 5.75 Å². The largest absolute Gasteiger partial charge is 0.492 e. The molecule has 1 unspecified atom stereocenters. The first-order valence-corrected chi connectivity index (χ1v) is 11.4. The molecule has 0 radical (unpaired) electrons. The average molecular weight is 432 g/mol. The van der Waals surface area contributed by atoms with Crippen molar-refractivity contribution in [1.29, 1.82) is 0 Å². The van der Waals surface area contributed by atoms with E-state index in [2.05, 4.69) is 10.3 Å². The molecule has 1 fully saturated rings. The van der Waals surface area contributed by atoms with Gasteiger partial charge in [-0.05, 0) is 60.3 Å². The molecule has 8 nitrogen and oxygen atoms in total. The molecule has 4 rings (SSSR count). The predicted octanol–water partition coefficient (Wildman–Crippen LogP) is 3.09. The molecule has 1 atom stereocenters. The summed E-state index contributed by atoms with van der Waals surface area (Å²) in [5, 5.41) is 7.77. The fraction of sp³-hybridized carbons (Fsp3) is 0.429. The molecule has 0 aliphatic carbocycles. The summed E-state index contributed by atoms with van der Waals surface area (Å²) >= 11 is 0. The van der Waals surface area contributed by atoms with Crippen molar-refractivity contribution < 1.29 is 22.5 Å². The fourth-order valence-electron chi connectivity index (χ4n) is 3.80. The van der Waals surface area contributed by atoms with Crippen LogP contribution in [0.3, 0.4) is 0 Å². The number of nitrogens with zero attached hydrogens (tertiary/aromatic N) is 3. The Labute approximate surface area is 175 Å². The van der Waals surface area contributed by atoms with E-state index in [-0.39, 0.29) is 36.2 Å². The van der Waals surface area contributed by atoms with Crippen molar-refractivity contribution >= 4 is 21.1 Å². The minimum atomic E-state index is -3.88. The van der Waals surface area contributed by atoms with Gasteiger partial charge in [0, 0.05) is 19.7 Å². The third-order valence-electron chi connectivity index (χ3n) is 5.25. The Balaban J connectivity index is 1.64. The molecule has 2 aromatic carbocycles. The highest BCUT2D eigenvalue weighted by molar-refractivity contribution is 7.89. The molecule has 0 spiro atoms. The maximum atomic E-state index is 13.7. The van der Waals surface area contributed by atoms with Crippen LogP contribution in [0.25, 0.3) is 11.0 Å². The van der Waals surface area contributed by atoms with Gasteiger partial charge in [-0.25, -0.2) is 13.0 Å². The van der Waals surface area contributed by atoms with Crippen molar-refractivity contribution in [1.82, 2.24) is 14.6 Å². The standard InChI is InChI=1S/C21H25N3O5S/c1-15-13-16(2)21(20-19(15)22-29-23-20)30(25,26)24(14-18-9-6-11-27-18)10-12-28-17-7-4-3-5-8-17/h3-5,7-8,13,18H,6,9-12,14H2,1-2H3. The smallest absolute Gasteiger partial charge is 0.245 e. The third-order valence-corrected chi connectivity index (χ3v) is 7.29. The fourth-order valence-corrected chi connectivity index (χ4v) is 5.58. The predicted molar refractivity (Wildman–Crippen MR) is 111 cm³/mol. The quantitative estimate of drug-likeness (QED) is 0.541. The summed E-state index contributed by atoms with van der Waals surface area (Å²) in [6.07, 6.45) is 1.63. The van der Waals surface area contributed by atoms with E-state index in [0.717, 1.165) is 18.4 Å². The van der Waals surface area contributed by atoms with Crippen molar-refractivity contribution in [3.63, 3.8) is 0 Å². The summed E-state index contributed by atoms with van der Waals surface area (Å²) in [5.74, 6) is 0.696. The molecule has 3 aromatic rings. The van der Waals surface area contributed by atoms with Crippen LogP contribution in [0, 0.1) is 13.8 Å². The molecule has 0 N–H and O–H groups in total. The highest BCUT2D eigenvalue weighted by Crippen LogP contribution is 2.30. The number of aryl methyl sites for hydroxylation is 2. The van der Waals surface area contributed by atoms with E-state index in [9.17, 15) is 8.42 Å². The first kappa shape index (κ1) is 20.8. The molecule has 1 saturated heterocycles. The lowest BCUT2D eigenvalue weighted by Gasteiger charge is -2.25. The van der Waals surface area contributed by atoms with E-state index in [1.54, 1.807) is 13.0 Å². The lowest BCUT2D eigenvalue weighted by molar-refractivity contribution is 0.0910. The van der Waals surface area contributed by atoms with E-state index in [0.29, 0.717) is 23.4 Å². The zero-order valence-corrected chi connectivity index (χ0v) is 17.9. The first-order chi connectivity index (χ1) is 14.5. The number of ether oxygens (including phenoxy) is 2. The Morgan fingerprint density at radius 1 is 1.13 bits per heavy atom. The molecular weight excluding hydrogens is 406 g/mol. The lowest BCUT2D eigenvalue weighted by Crippen LogP contribution is -2.40. The highest BCUT2D eigenvalue weighted by Gasteiger charge is 2.33. The van der Waals surface area contributed by atoms with Crippen LogP contribution in [-0.4, -0.2) is 55.4 Å². The molecular formula is C21H25N3O5S. The Morgan fingerprint density at radius 3 is 2.63 bits per heavy atom. The summed E-state index contributed by atoms with van der Waals surface area (Å²) in [6.45, 7) is 4.95. The molecule has 160 valence electrons. The van der Waals surface area contributed by atoms with Gasteiger partial charge in [0.1, 0.15) is 22.8 Å². The normalized spacial score (nSPS) is 17.1.